The zero-order chi connectivity index (χ0) is 23.5. The maximum Gasteiger partial charge on any atom is 0.435 e. The van der Waals surface area contributed by atoms with Crippen LogP contribution in [0.4, 0.5) is 30.7 Å². The van der Waals surface area contributed by atoms with Gasteiger partial charge in [-0.25, -0.2) is 9.07 Å². The van der Waals surface area contributed by atoms with Crippen molar-refractivity contribution in [2.45, 2.75) is 12.4 Å². The minimum absolute atomic E-state index is 0.0745. The van der Waals surface area contributed by atoms with E-state index in [9.17, 15) is 35.5 Å². The lowest BCUT2D eigenvalue weighted by Gasteiger charge is -2.12. The molecule has 0 unspecified atom stereocenters. The van der Waals surface area contributed by atoms with Crippen LogP contribution in [0.5, 0.6) is 5.75 Å². The molecular weight excluding hydrogens is 449 g/mol. The molecule has 0 radical (unpaired) electrons. The molecule has 3 aromatic rings. The van der Waals surface area contributed by atoms with Gasteiger partial charge in [0.25, 0.3) is 5.91 Å². The Morgan fingerprint density at radius 3 is 2.12 bits per heavy atom. The molecule has 32 heavy (non-hydrogen) atoms. The Balaban J connectivity index is 1.66. The highest BCUT2D eigenvalue weighted by Gasteiger charge is 2.42. The van der Waals surface area contributed by atoms with Crippen molar-refractivity contribution in [2.24, 2.45) is 0 Å². The maximum absolute atomic E-state index is 13.5. The number of ether oxygens (including phenoxy) is 1. The molecule has 0 aliphatic rings. The molecule has 1 N–H and O–H groups in total. The summed E-state index contributed by atoms with van der Waals surface area (Å²) in [6.45, 7) is -0.495. The molecule has 13 heteroatoms. The fourth-order valence-corrected chi connectivity index (χ4v) is 2.61. The highest BCUT2D eigenvalue weighted by atomic mass is 19.4. The van der Waals surface area contributed by atoms with Crippen LogP contribution >= 0.6 is 0 Å². The summed E-state index contributed by atoms with van der Waals surface area (Å²) in [4.78, 5) is 12.2. The molecule has 0 fully saturated rings. The van der Waals surface area contributed by atoms with Gasteiger partial charge in [0.05, 0.1) is 17.8 Å². The quantitative estimate of drug-likeness (QED) is 0.439. The molecule has 0 aliphatic carbocycles. The highest BCUT2D eigenvalue weighted by molar-refractivity contribution is 5.93. The molecule has 0 saturated carbocycles. The summed E-state index contributed by atoms with van der Waals surface area (Å²) >= 11 is 0. The Bertz CT molecular complexity index is 1080. The summed E-state index contributed by atoms with van der Waals surface area (Å²) in [7, 11) is 0. The van der Waals surface area contributed by atoms with E-state index in [2.05, 4.69) is 15.6 Å². The number of amides is 1. The van der Waals surface area contributed by atoms with Crippen molar-refractivity contribution < 1.29 is 40.3 Å². The van der Waals surface area contributed by atoms with Crippen molar-refractivity contribution in [3.05, 3.63) is 71.3 Å². The fraction of sp³-hybridized carbons (Fsp3) is 0.211. The number of hydrogen-bond donors (Lipinski definition) is 1. The summed E-state index contributed by atoms with van der Waals surface area (Å²) in [5.74, 6) is -1.79. The monoisotopic (exact) mass is 462 g/mol. The Morgan fingerprint density at radius 2 is 1.56 bits per heavy atom. The summed E-state index contributed by atoms with van der Waals surface area (Å²) in [6.07, 6.45) is -9.50. The van der Waals surface area contributed by atoms with E-state index in [4.69, 9.17) is 4.74 Å². The fourth-order valence-electron chi connectivity index (χ4n) is 2.61. The zero-order valence-corrected chi connectivity index (χ0v) is 15.8. The molecule has 1 heterocycles. The van der Waals surface area contributed by atoms with Crippen LogP contribution in [0.2, 0.25) is 0 Å². The summed E-state index contributed by atoms with van der Waals surface area (Å²) in [5, 5.41) is 8.81. The van der Waals surface area contributed by atoms with Crippen molar-refractivity contribution in [2.75, 3.05) is 13.2 Å². The lowest BCUT2D eigenvalue weighted by Crippen LogP contribution is -2.30. The normalized spacial score (nSPS) is 12.0. The average Bonchev–Trinajstić information content (AvgIpc) is 3.17. The van der Waals surface area contributed by atoms with Gasteiger partial charge in [-0.3, -0.25) is 4.79 Å². The van der Waals surface area contributed by atoms with Crippen LogP contribution in [0.25, 0.3) is 5.69 Å². The van der Waals surface area contributed by atoms with Gasteiger partial charge < -0.3 is 10.1 Å². The molecule has 2 aromatic carbocycles. The van der Waals surface area contributed by atoms with Gasteiger partial charge in [-0.2, -0.15) is 26.3 Å². The van der Waals surface area contributed by atoms with Crippen LogP contribution in [0, 0.1) is 5.82 Å². The SMILES string of the molecule is O=C(NCCOc1ccc(C(F)(F)F)cc1)c1nnn(-c2ccc(F)cc2)c1C(F)(F)F. The first-order valence-electron chi connectivity index (χ1n) is 8.84. The molecule has 170 valence electrons. The minimum Gasteiger partial charge on any atom is -0.492 e. The molecule has 0 bridgehead atoms. The second kappa shape index (κ2) is 8.85. The third-order valence-electron chi connectivity index (χ3n) is 4.06. The first-order chi connectivity index (χ1) is 15.0. The largest absolute Gasteiger partial charge is 0.492 e. The first kappa shape index (κ1) is 23.0. The van der Waals surface area contributed by atoms with Gasteiger partial charge in [0.2, 0.25) is 0 Å². The predicted octanol–water partition coefficient (Wildman–Crippen LogP) is 4.25. The van der Waals surface area contributed by atoms with Gasteiger partial charge in [0, 0.05) is 0 Å². The Kier molecular flexibility index (Phi) is 6.37. The first-order valence-corrected chi connectivity index (χ1v) is 8.84. The Labute approximate surface area is 175 Å². The molecule has 0 aliphatic heterocycles. The number of nitrogens with one attached hydrogen (secondary N) is 1. The van der Waals surface area contributed by atoms with Crippen LogP contribution in [-0.2, 0) is 12.4 Å². The number of carbonyl (C=O) groups is 1. The molecule has 1 aromatic heterocycles. The number of aromatic nitrogens is 3. The van der Waals surface area contributed by atoms with E-state index in [-0.39, 0.29) is 24.6 Å². The number of alkyl halides is 6. The van der Waals surface area contributed by atoms with Crippen molar-refractivity contribution >= 4 is 5.91 Å². The number of carbonyl (C=O) groups excluding carboxylic acids is 1. The van der Waals surface area contributed by atoms with Gasteiger partial charge >= 0.3 is 12.4 Å². The van der Waals surface area contributed by atoms with Gasteiger partial charge in [-0.1, -0.05) is 5.21 Å². The molecular formula is C19H13F7N4O2. The highest BCUT2D eigenvalue weighted by Crippen LogP contribution is 2.33. The summed E-state index contributed by atoms with van der Waals surface area (Å²) < 4.78 is 96.7. The van der Waals surface area contributed by atoms with Crippen molar-refractivity contribution in [3.8, 4) is 11.4 Å². The van der Waals surface area contributed by atoms with Crippen molar-refractivity contribution in [3.63, 3.8) is 0 Å². The number of nitrogens with zero attached hydrogens (tertiary/aromatic N) is 3. The summed E-state index contributed by atoms with van der Waals surface area (Å²) in [6, 6.07) is 7.68. The van der Waals surface area contributed by atoms with Crippen LogP contribution in [-0.4, -0.2) is 34.1 Å². The average molecular weight is 462 g/mol. The third kappa shape index (κ3) is 5.34. The van der Waals surface area contributed by atoms with E-state index in [0.29, 0.717) is 4.68 Å². The molecule has 1 amide bonds. The van der Waals surface area contributed by atoms with Crippen LogP contribution in [0.1, 0.15) is 21.7 Å². The van der Waals surface area contributed by atoms with E-state index in [1.165, 1.54) is 0 Å². The Morgan fingerprint density at radius 1 is 0.938 bits per heavy atom. The van der Waals surface area contributed by atoms with Gasteiger partial charge in [0.15, 0.2) is 11.4 Å². The van der Waals surface area contributed by atoms with E-state index in [1.807, 2.05) is 0 Å². The van der Waals surface area contributed by atoms with E-state index in [1.54, 1.807) is 0 Å². The van der Waals surface area contributed by atoms with Crippen molar-refractivity contribution in [1.82, 2.24) is 20.3 Å². The van der Waals surface area contributed by atoms with Crippen LogP contribution < -0.4 is 10.1 Å². The second-order valence-electron chi connectivity index (χ2n) is 6.30. The van der Waals surface area contributed by atoms with Gasteiger partial charge in [-0.05, 0) is 48.5 Å². The zero-order valence-electron chi connectivity index (χ0n) is 15.8. The third-order valence-corrected chi connectivity index (χ3v) is 4.06. The second-order valence-corrected chi connectivity index (χ2v) is 6.30. The lowest BCUT2D eigenvalue weighted by molar-refractivity contribution is -0.143. The van der Waals surface area contributed by atoms with E-state index < -0.39 is 41.0 Å². The molecule has 0 spiro atoms. The van der Waals surface area contributed by atoms with E-state index in [0.717, 1.165) is 48.5 Å². The molecule has 0 saturated heterocycles. The topological polar surface area (TPSA) is 69.0 Å². The van der Waals surface area contributed by atoms with E-state index >= 15 is 0 Å². The number of rotatable bonds is 6. The molecule has 0 atom stereocenters. The van der Waals surface area contributed by atoms with Gasteiger partial charge in [0.1, 0.15) is 18.2 Å². The number of benzene rings is 2. The Hall–Kier alpha value is -3.64. The lowest BCUT2D eigenvalue weighted by atomic mass is 10.2. The van der Waals surface area contributed by atoms with Crippen molar-refractivity contribution in [1.29, 1.82) is 0 Å². The summed E-state index contributed by atoms with van der Waals surface area (Å²) in [5.41, 5.74) is -3.49. The molecule has 6 nitrogen and oxygen atoms in total. The standard InChI is InChI=1S/C19H13F7N4O2/c20-12-3-5-13(6-4-12)30-16(19(24,25)26)15(28-29-30)17(31)27-9-10-32-14-7-1-11(2-8-14)18(21,22)23/h1-8H,9-10H2,(H,27,31). The van der Waals surface area contributed by atoms with Crippen LogP contribution in [0.3, 0.4) is 0 Å². The smallest absolute Gasteiger partial charge is 0.435 e. The predicted molar refractivity (Wildman–Crippen MR) is 95.6 cm³/mol. The minimum atomic E-state index is -5.00. The van der Waals surface area contributed by atoms with Crippen LogP contribution in [0.15, 0.2) is 48.5 Å². The number of halogens is 7. The molecule has 3 rings (SSSR count). The maximum atomic E-state index is 13.5. The number of hydrogen-bond acceptors (Lipinski definition) is 4. The van der Waals surface area contributed by atoms with Gasteiger partial charge in [-0.15, -0.1) is 5.10 Å².